The molecule has 2 aromatic rings. The van der Waals surface area contributed by atoms with Gasteiger partial charge in [0.05, 0.1) is 11.1 Å². The molecule has 0 spiro atoms. The fourth-order valence-corrected chi connectivity index (χ4v) is 2.41. The minimum absolute atomic E-state index is 0.0712. The molecule has 0 aliphatic rings. The van der Waals surface area contributed by atoms with Crippen LogP contribution in [0, 0.1) is 23.0 Å². The van der Waals surface area contributed by atoms with Crippen LogP contribution in [-0.2, 0) is 11.8 Å². The van der Waals surface area contributed by atoms with Crippen molar-refractivity contribution in [1.29, 1.82) is 5.26 Å². The van der Waals surface area contributed by atoms with Crippen molar-refractivity contribution in [2.75, 3.05) is 5.32 Å². The van der Waals surface area contributed by atoms with E-state index in [1.807, 2.05) is 0 Å². The van der Waals surface area contributed by atoms with Crippen molar-refractivity contribution >= 4 is 23.3 Å². The Balaban J connectivity index is 2.30. The van der Waals surface area contributed by atoms with E-state index in [9.17, 15) is 23.2 Å². The molecule has 9 heteroatoms. The number of amides is 2. The van der Waals surface area contributed by atoms with Crippen molar-refractivity contribution in [3.05, 3.63) is 52.9 Å². The Hall–Kier alpha value is -3.54. The van der Waals surface area contributed by atoms with Crippen LogP contribution < -0.4 is 10.6 Å². The lowest BCUT2D eigenvalue weighted by molar-refractivity contribution is -0.118. The first-order valence-corrected chi connectivity index (χ1v) is 8.17. The molecule has 1 aromatic carbocycles. The Bertz CT molecular complexity index is 1010. The van der Waals surface area contributed by atoms with Crippen molar-refractivity contribution in [1.82, 2.24) is 9.88 Å². The molecule has 0 saturated heterocycles. The van der Waals surface area contributed by atoms with Crippen molar-refractivity contribution in [3.8, 4) is 6.07 Å². The van der Waals surface area contributed by atoms with Crippen molar-refractivity contribution in [3.63, 3.8) is 0 Å². The van der Waals surface area contributed by atoms with Crippen LogP contribution in [0.3, 0.4) is 0 Å². The molecule has 2 amide bonds. The number of carbonyl (C=O) groups excluding carboxylic acids is 3. The van der Waals surface area contributed by atoms with Crippen molar-refractivity contribution < 1.29 is 23.2 Å². The number of Topliss-reactive ketones (excluding diaryl/α,β-unsaturated/α-hetero) is 1. The van der Waals surface area contributed by atoms with Gasteiger partial charge in [-0.1, -0.05) is 0 Å². The van der Waals surface area contributed by atoms with Gasteiger partial charge >= 0.3 is 0 Å². The summed E-state index contributed by atoms with van der Waals surface area (Å²) in [6.45, 7) is 4.99. The minimum Gasteiger partial charge on any atom is -0.345 e. The quantitative estimate of drug-likeness (QED) is 0.620. The van der Waals surface area contributed by atoms with Gasteiger partial charge in [-0.3, -0.25) is 14.4 Å². The number of hydrogen-bond acceptors (Lipinski definition) is 4. The zero-order valence-electron chi connectivity index (χ0n) is 15.7. The molecule has 0 radical (unpaired) electrons. The fourth-order valence-electron chi connectivity index (χ4n) is 2.41. The van der Waals surface area contributed by atoms with E-state index < -0.39 is 46.0 Å². The fraction of sp³-hybridized carbons (Fsp3) is 0.263. The lowest BCUT2D eigenvalue weighted by Gasteiger charge is -2.19. The number of nitrogens with zero attached hydrogens (tertiary/aromatic N) is 2. The van der Waals surface area contributed by atoms with Crippen LogP contribution in [0.2, 0.25) is 0 Å². The van der Waals surface area contributed by atoms with Gasteiger partial charge in [-0.2, -0.15) is 5.26 Å². The Morgan fingerprint density at radius 3 is 2.39 bits per heavy atom. The highest BCUT2D eigenvalue weighted by Crippen LogP contribution is 2.19. The molecule has 2 N–H and O–H groups in total. The summed E-state index contributed by atoms with van der Waals surface area (Å²) >= 11 is 0. The molecule has 0 aliphatic carbocycles. The van der Waals surface area contributed by atoms with Gasteiger partial charge in [0.1, 0.15) is 17.6 Å². The summed E-state index contributed by atoms with van der Waals surface area (Å²) in [6, 6.07) is 4.91. The van der Waals surface area contributed by atoms with Gasteiger partial charge in [-0.15, -0.1) is 0 Å². The second kappa shape index (κ2) is 7.60. The molecule has 0 saturated carbocycles. The van der Waals surface area contributed by atoms with Crippen LogP contribution in [0.15, 0.2) is 24.4 Å². The molecule has 0 aliphatic heterocycles. The van der Waals surface area contributed by atoms with E-state index in [1.165, 1.54) is 13.1 Å². The summed E-state index contributed by atoms with van der Waals surface area (Å²) < 4.78 is 29.1. The molecule has 1 heterocycles. The molecule has 7 nitrogen and oxygen atoms in total. The Morgan fingerprint density at radius 1 is 1.18 bits per heavy atom. The predicted octanol–water partition coefficient (Wildman–Crippen LogP) is 2.52. The van der Waals surface area contributed by atoms with E-state index in [4.69, 9.17) is 5.26 Å². The highest BCUT2D eigenvalue weighted by molar-refractivity contribution is 6.43. The summed E-state index contributed by atoms with van der Waals surface area (Å²) in [5, 5.41) is 13.6. The summed E-state index contributed by atoms with van der Waals surface area (Å²) in [7, 11) is 1.34. The van der Waals surface area contributed by atoms with Gasteiger partial charge in [-0.25, -0.2) is 8.78 Å². The van der Waals surface area contributed by atoms with Gasteiger partial charge in [-0.05, 0) is 39.0 Å². The summed E-state index contributed by atoms with van der Waals surface area (Å²) in [5.74, 6) is -4.96. The second-order valence-electron chi connectivity index (χ2n) is 7.11. The standard InChI is InChI=1S/C19H18F2N4O3/c1-19(2,3)24-18(28)16(26)12-9-25(4)15(14(12)21)17(27)23-11-5-6-13(20)10(7-11)8-22/h5-7,9H,1-4H3,(H,23,27)(H,24,28). The van der Waals surface area contributed by atoms with Gasteiger partial charge in [0.2, 0.25) is 0 Å². The molecule has 0 atom stereocenters. The maximum Gasteiger partial charge on any atom is 0.292 e. The van der Waals surface area contributed by atoms with Gasteiger partial charge in [0.15, 0.2) is 5.82 Å². The average molecular weight is 388 g/mol. The van der Waals surface area contributed by atoms with E-state index >= 15 is 0 Å². The normalized spacial score (nSPS) is 10.9. The SMILES string of the molecule is Cn1cc(C(=O)C(=O)NC(C)(C)C)c(F)c1C(=O)Nc1ccc(F)c(C#N)c1. The summed E-state index contributed by atoms with van der Waals surface area (Å²) in [6.07, 6.45) is 1.04. The number of rotatable bonds is 4. The molecule has 0 fully saturated rings. The van der Waals surface area contributed by atoms with Crippen molar-refractivity contribution in [2.24, 2.45) is 7.05 Å². The number of ketones is 1. The Kier molecular flexibility index (Phi) is 5.64. The molecule has 0 unspecified atom stereocenters. The lowest BCUT2D eigenvalue weighted by Crippen LogP contribution is -2.44. The van der Waals surface area contributed by atoms with E-state index in [0.717, 1.165) is 22.9 Å². The second-order valence-corrected chi connectivity index (χ2v) is 7.11. The molecular weight excluding hydrogens is 370 g/mol. The number of aryl methyl sites for hydroxylation is 1. The number of nitriles is 1. The number of halogens is 2. The summed E-state index contributed by atoms with van der Waals surface area (Å²) in [4.78, 5) is 36.6. The average Bonchev–Trinajstić information content (AvgIpc) is 2.88. The van der Waals surface area contributed by atoms with E-state index in [-0.39, 0.29) is 11.3 Å². The predicted molar refractivity (Wildman–Crippen MR) is 96.7 cm³/mol. The third-order valence-electron chi connectivity index (χ3n) is 3.62. The summed E-state index contributed by atoms with van der Waals surface area (Å²) in [5.41, 5.74) is -1.96. The van der Waals surface area contributed by atoms with E-state index in [0.29, 0.717) is 0 Å². The number of carbonyl (C=O) groups is 3. The first-order valence-electron chi connectivity index (χ1n) is 8.17. The molecular formula is C19H18F2N4O3. The van der Waals surface area contributed by atoms with Gasteiger partial charge < -0.3 is 15.2 Å². The lowest BCUT2D eigenvalue weighted by atomic mass is 10.1. The zero-order chi connectivity index (χ0) is 21.2. The zero-order valence-corrected chi connectivity index (χ0v) is 15.7. The number of aromatic nitrogens is 1. The first kappa shape index (κ1) is 20.8. The molecule has 0 bridgehead atoms. The largest absolute Gasteiger partial charge is 0.345 e. The van der Waals surface area contributed by atoms with Gasteiger partial charge in [0, 0.05) is 24.5 Å². The maximum atomic E-state index is 14.7. The monoisotopic (exact) mass is 388 g/mol. The number of hydrogen-bond donors (Lipinski definition) is 2. The first-order chi connectivity index (χ1) is 12.9. The van der Waals surface area contributed by atoms with E-state index in [1.54, 1.807) is 26.8 Å². The van der Waals surface area contributed by atoms with Crippen LogP contribution in [-0.4, -0.2) is 27.7 Å². The van der Waals surface area contributed by atoms with Crippen LogP contribution >= 0.6 is 0 Å². The smallest absolute Gasteiger partial charge is 0.292 e. The van der Waals surface area contributed by atoms with Crippen LogP contribution in [0.5, 0.6) is 0 Å². The van der Waals surface area contributed by atoms with Gasteiger partial charge in [0.25, 0.3) is 17.6 Å². The molecule has 1 aromatic heterocycles. The number of benzene rings is 1. The highest BCUT2D eigenvalue weighted by atomic mass is 19.1. The van der Waals surface area contributed by atoms with Crippen LogP contribution in [0.25, 0.3) is 0 Å². The van der Waals surface area contributed by atoms with Crippen LogP contribution in [0.1, 0.15) is 47.2 Å². The Labute approximate surface area is 160 Å². The van der Waals surface area contributed by atoms with Crippen molar-refractivity contribution in [2.45, 2.75) is 26.3 Å². The van der Waals surface area contributed by atoms with E-state index in [2.05, 4.69) is 10.6 Å². The highest BCUT2D eigenvalue weighted by Gasteiger charge is 2.29. The minimum atomic E-state index is -1.16. The topological polar surface area (TPSA) is 104 Å². The Morgan fingerprint density at radius 2 is 1.82 bits per heavy atom. The molecule has 146 valence electrons. The third kappa shape index (κ3) is 4.40. The van der Waals surface area contributed by atoms with Crippen LogP contribution in [0.4, 0.5) is 14.5 Å². The number of nitrogens with one attached hydrogen (secondary N) is 2. The molecule has 28 heavy (non-hydrogen) atoms. The number of anilines is 1. The third-order valence-corrected chi connectivity index (χ3v) is 3.62. The molecule has 2 rings (SSSR count). The maximum absolute atomic E-state index is 14.7.